The lowest BCUT2D eigenvalue weighted by Crippen LogP contribution is -2.42. The van der Waals surface area contributed by atoms with Crippen LogP contribution in [0.15, 0.2) is 0 Å². The molecule has 0 saturated heterocycles. The molecule has 1 aliphatic rings. The Morgan fingerprint density at radius 1 is 1.29 bits per heavy atom. The Hall–Kier alpha value is -0.0800. The molecule has 0 heterocycles. The summed E-state index contributed by atoms with van der Waals surface area (Å²) < 4.78 is 0. The quantitative estimate of drug-likeness (QED) is 0.735. The minimum Gasteiger partial charge on any atom is -0.325 e. The molecule has 2 N–H and O–H groups in total. The van der Waals surface area contributed by atoms with E-state index >= 15 is 0 Å². The van der Waals surface area contributed by atoms with Crippen molar-refractivity contribution in [2.45, 2.75) is 64.5 Å². The maximum absolute atomic E-state index is 6.34. The predicted octanol–water partition coefficient (Wildman–Crippen LogP) is 2.38. The second kappa shape index (κ2) is 5.13. The minimum absolute atomic E-state index is 0.169. The SMILES string of the molecule is CCN(CCC1(N)CCCC1)C(C)C. The summed E-state index contributed by atoms with van der Waals surface area (Å²) in [6, 6.07) is 0.657. The van der Waals surface area contributed by atoms with Gasteiger partial charge in [-0.25, -0.2) is 0 Å². The highest BCUT2D eigenvalue weighted by Gasteiger charge is 2.29. The summed E-state index contributed by atoms with van der Waals surface area (Å²) in [5.41, 5.74) is 6.50. The Labute approximate surface area is 88.8 Å². The van der Waals surface area contributed by atoms with E-state index in [1.165, 1.54) is 38.6 Å². The van der Waals surface area contributed by atoms with Gasteiger partial charge in [0.1, 0.15) is 0 Å². The fraction of sp³-hybridized carbons (Fsp3) is 1.00. The molecule has 84 valence electrons. The fourth-order valence-corrected chi connectivity index (χ4v) is 2.48. The van der Waals surface area contributed by atoms with Gasteiger partial charge in [0.15, 0.2) is 0 Å². The van der Waals surface area contributed by atoms with Crippen molar-refractivity contribution in [2.75, 3.05) is 13.1 Å². The molecular formula is C12H26N2. The zero-order valence-electron chi connectivity index (χ0n) is 10.1. The van der Waals surface area contributed by atoms with Gasteiger partial charge < -0.3 is 10.6 Å². The monoisotopic (exact) mass is 198 g/mol. The van der Waals surface area contributed by atoms with E-state index in [0.29, 0.717) is 6.04 Å². The molecule has 1 fully saturated rings. The van der Waals surface area contributed by atoms with Crippen LogP contribution in [0.25, 0.3) is 0 Å². The van der Waals surface area contributed by atoms with Crippen LogP contribution in [0.2, 0.25) is 0 Å². The first kappa shape index (κ1) is 12.0. The number of hydrogen-bond donors (Lipinski definition) is 1. The lowest BCUT2D eigenvalue weighted by molar-refractivity contribution is 0.207. The van der Waals surface area contributed by atoms with Gasteiger partial charge in [-0.15, -0.1) is 0 Å². The first-order chi connectivity index (χ1) is 6.57. The van der Waals surface area contributed by atoms with Crippen molar-refractivity contribution in [1.29, 1.82) is 0 Å². The van der Waals surface area contributed by atoms with Crippen LogP contribution < -0.4 is 5.73 Å². The summed E-state index contributed by atoms with van der Waals surface area (Å²) in [7, 11) is 0. The predicted molar refractivity (Wildman–Crippen MR) is 62.4 cm³/mol. The van der Waals surface area contributed by atoms with Crippen LogP contribution in [0.1, 0.15) is 52.9 Å². The molecule has 0 radical (unpaired) electrons. The third-order valence-corrected chi connectivity index (χ3v) is 3.63. The van der Waals surface area contributed by atoms with Crippen molar-refractivity contribution < 1.29 is 0 Å². The van der Waals surface area contributed by atoms with Gasteiger partial charge in [-0.1, -0.05) is 19.8 Å². The summed E-state index contributed by atoms with van der Waals surface area (Å²) in [6.07, 6.45) is 6.33. The summed E-state index contributed by atoms with van der Waals surface area (Å²) in [6.45, 7) is 9.08. The molecule has 0 aliphatic heterocycles. The van der Waals surface area contributed by atoms with E-state index in [9.17, 15) is 0 Å². The zero-order chi connectivity index (χ0) is 10.6. The van der Waals surface area contributed by atoms with E-state index in [0.717, 1.165) is 6.54 Å². The molecule has 2 heteroatoms. The maximum Gasteiger partial charge on any atom is 0.0166 e. The van der Waals surface area contributed by atoms with Gasteiger partial charge in [-0.2, -0.15) is 0 Å². The number of nitrogens with two attached hydrogens (primary N) is 1. The molecule has 1 aliphatic carbocycles. The van der Waals surface area contributed by atoms with E-state index in [1.807, 2.05) is 0 Å². The van der Waals surface area contributed by atoms with Gasteiger partial charge >= 0.3 is 0 Å². The molecular weight excluding hydrogens is 172 g/mol. The van der Waals surface area contributed by atoms with Gasteiger partial charge in [-0.3, -0.25) is 0 Å². The van der Waals surface area contributed by atoms with Crippen molar-refractivity contribution >= 4 is 0 Å². The van der Waals surface area contributed by atoms with Crippen molar-refractivity contribution in [2.24, 2.45) is 5.73 Å². The Morgan fingerprint density at radius 2 is 1.86 bits per heavy atom. The van der Waals surface area contributed by atoms with E-state index < -0.39 is 0 Å². The molecule has 0 aromatic heterocycles. The number of hydrogen-bond acceptors (Lipinski definition) is 2. The molecule has 0 unspecified atom stereocenters. The highest BCUT2D eigenvalue weighted by atomic mass is 15.1. The lowest BCUT2D eigenvalue weighted by atomic mass is 9.94. The molecule has 1 rings (SSSR count). The highest BCUT2D eigenvalue weighted by Crippen LogP contribution is 2.30. The van der Waals surface area contributed by atoms with E-state index in [4.69, 9.17) is 5.73 Å². The van der Waals surface area contributed by atoms with Gasteiger partial charge in [0, 0.05) is 18.1 Å². The van der Waals surface area contributed by atoms with E-state index in [2.05, 4.69) is 25.7 Å². The van der Waals surface area contributed by atoms with Gasteiger partial charge in [0.25, 0.3) is 0 Å². The van der Waals surface area contributed by atoms with Crippen molar-refractivity contribution in [3.8, 4) is 0 Å². The first-order valence-corrected chi connectivity index (χ1v) is 6.10. The summed E-state index contributed by atoms with van der Waals surface area (Å²) in [4.78, 5) is 2.51. The van der Waals surface area contributed by atoms with Crippen LogP contribution >= 0.6 is 0 Å². The van der Waals surface area contributed by atoms with Crippen LogP contribution in [0, 0.1) is 0 Å². The van der Waals surface area contributed by atoms with Crippen LogP contribution in [0.4, 0.5) is 0 Å². The molecule has 1 saturated carbocycles. The molecule has 0 amide bonds. The Kier molecular flexibility index (Phi) is 4.39. The zero-order valence-corrected chi connectivity index (χ0v) is 10.1. The fourth-order valence-electron chi connectivity index (χ4n) is 2.48. The van der Waals surface area contributed by atoms with Crippen LogP contribution in [-0.4, -0.2) is 29.6 Å². The third-order valence-electron chi connectivity index (χ3n) is 3.63. The van der Waals surface area contributed by atoms with Crippen molar-refractivity contribution in [3.63, 3.8) is 0 Å². The van der Waals surface area contributed by atoms with Gasteiger partial charge in [-0.05, 0) is 39.7 Å². The smallest absolute Gasteiger partial charge is 0.0166 e. The Bertz CT molecular complexity index is 160. The number of nitrogens with zero attached hydrogens (tertiary/aromatic N) is 1. The summed E-state index contributed by atoms with van der Waals surface area (Å²) in [5.74, 6) is 0. The van der Waals surface area contributed by atoms with Crippen LogP contribution in [0.5, 0.6) is 0 Å². The standard InChI is InChI=1S/C12H26N2/c1-4-14(11(2)3)10-9-12(13)7-5-6-8-12/h11H,4-10,13H2,1-3H3. The normalized spacial score (nSPS) is 21.0. The molecule has 0 bridgehead atoms. The Morgan fingerprint density at radius 3 is 2.29 bits per heavy atom. The highest BCUT2D eigenvalue weighted by molar-refractivity contribution is 4.89. The van der Waals surface area contributed by atoms with Crippen molar-refractivity contribution in [3.05, 3.63) is 0 Å². The minimum atomic E-state index is 0.169. The summed E-state index contributed by atoms with van der Waals surface area (Å²) in [5, 5.41) is 0. The van der Waals surface area contributed by atoms with Crippen molar-refractivity contribution in [1.82, 2.24) is 4.90 Å². The first-order valence-electron chi connectivity index (χ1n) is 6.10. The lowest BCUT2D eigenvalue weighted by Gasteiger charge is -2.30. The van der Waals surface area contributed by atoms with Gasteiger partial charge in [0.2, 0.25) is 0 Å². The molecule has 2 nitrogen and oxygen atoms in total. The second-order valence-electron chi connectivity index (χ2n) is 5.04. The average molecular weight is 198 g/mol. The van der Waals surface area contributed by atoms with Crippen LogP contribution in [0.3, 0.4) is 0 Å². The second-order valence-corrected chi connectivity index (χ2v) is 5.04. The van der Waals surface area contributed by atoms with Gasteiger partial charge in [0.05, 0.1) is 0 Å². The maximum atomic E-state index is 6.34. The topological polar surface area (TPSA) is 29.3 Å². The molecule has 0 aromatic carbocycles. The molecule has 0 aromatic rings. The molecule has 0 atom stereocenters. The molecule has 0 spiro atoms. The average Bonchev–Trinajstić information content (AvgIpc) is 2.53. The van der Waals surface area contributed by atoms with E-state index in [1.54, 1.807) is 0 Å². The number of rotatable bonds is 5. The van der Waals surface area contributed by atoms with Crippen LogP contribution in [-0.2, 0) is 0 Å². The van der Waals surface area contributed by atoms with E-state index in [-0.39, 0.29) is 5.54 Å². The summed E-state index contributed by atoms with van der Waals surface area (Å²) >= 11 is 0. The Balaban J connectivity index is 2.30. The molecule has 14 heavy (non-hydrogen) atoms. The largest absolute Gasteiger partial charge is 0.325 e. The third kappa shape index (κ3) is 3.25.